The standard InChI is InChI=1S/C17H23NO4S/c1-23(21,22)17(9-10-17)16(20)18-11-5-8-14(18)12-15(19)13-6-3-2-4-7-13/h2-4,6-7,14-15,19H,5,8-12H2,1H3/t14-,15-/m1/s1. The molecule has 0 bridgehead atoms. The van der Waals surface area contributed by atoms with E-state index < -0.39 is 20.7 Å². The van der Waals surface area contributed by atoms with Crippen molar-refractivity contribution >= 4 is 15.7 Å². The van der Waals surface area contributed by atoms with Crippen molar-refractivity contribution in [3.8, 4) is 0 Å². The van der Waals surface area contributed by atoms with Crippen LogP contribution in [-0.4, -0.2) is 47.9 Å². The zero-order valence-electron chi connectivity index (χ0n) is 13.3. The lowest BCUT2D eigenvalue weighted by Crippen LogP contribution is -2.47. The minimum atomic E-state index is -3.39. The molecule has 0 unspecified atom stereocenters. The fourth-order valence-electron chi connectivity index (χ4n) is 3.54. The maximum atomic E-state index is 12.8. The molecule has 2 fully saturated rings. The zero-order valence-corrected chi connectivity index (χ0v) is 14.1. The van der Waals surface area contributed by atoms with E-state index in [0.717, 1.165) is 24.7 Å². The predicted octanol–water partition coefficient (Wildman–Crippen LogP) is 1.68. The summed E-state index contributed by atoms with van der Waals surface area (Å²) in [6.45, 7) is 0.586. The first-order chi connectivity index (χ1) is 10.8. The number of hydrogen-bond acceptors (Lipinski definition) is 4. The third-order valence-electron chi connectivity index (χ3n) is 5.12. The largest absolute Gasteiger partial charge is 0.388 e. The third kappa shape index (κ3) is 3.02. The first-order valence-electron chi connectivity index (χ1n) is 8.09. The maximum Gasteiger partial charge on any atom is 0.244 e. The van der Waals surface area contributed by atoms with Crippen LogP contribution in [-0.2, 0) is 14.6 Å². The van der Waals surface area contributed by atoms with E-state index in [2.05, 4.69) is 0 Å². The molecule has 0 radical (unpaired) electrons. The van der Waals surface area contributed by atoms with Crippen LogP contribution in [0, 0.1) is 0 Å². The Labute approximate surface area is 137 Å². The van der Waals surface area contributed by atoms with E-state index in [9.17, 15) is 18.3 Å². The number of sulfone groups is 1. The maximum absolute atomic E-state index is 12.8. The first-order valence-corrected chi connectivity index (χ1v) is 9.98. The molecule has 5 nitrogen and oxygen atoms in total. The van der Waals surface area contributed by atoms with Crippen LogP contribution in [0.25, 0.3) is 0 Å². The Balaban J connectivity index is 1.73. The minimum Gasteiger partial charge on any atom is -0.388 e. The van der Waals surface area contributed by atoms with Gasteiger partial charge < -0.3 is 10.0 Å². The molecule has 126 valence electrons. The first kappa shape index (κ1) is 16.5. The van der Waals surface area contributed by atoms with E-state index in [1.54, 1.807) is 4.90 Å². The Morgan fingerprint density at radius 3 is 2.57 bits per heavy atom. The predicted molar refractivity (Wildman–Crippen MR) is 87.6 cm³/mol. The average Bonchev–Trinajstić information content (AvgIpc) is 3.22. The molecule has 0 aromatic heterocycles. The molecule has 6 heteroatoms. The molecule has 1 aromatic rings. The van der Waals surface area contributed by atoms with Crippen molar-refractivity contribution < 1.29 is 18.3 Å². The van der Waals surface area contributed by atoms with Crippen molar-refractivity contribution in [2.75, 3.05) is 12.8 Å². The van der Waals surface area contributed by atoms with Gasteiger partial charge in [-0.05, 0) is 37.7 Å². The number of benzene rings is 1. The van der Waals surface area contributed by atoms with Gasteiger partial charge in [0.15, 0.2) is 14.6 Å². The van der Waals surface area contributed by atoms with Gasteiger partial charge in [0.2, 0.25) is 5.91 Å². The Morgan fingerprint density at radius 1 is 1.35 bits per heavy atom. The van der Waals surface area contributed by atoms with Gasteiger partial charge in [0.1, 0.15) is 0 Å². The number of aliphatic hydroxyl groups is 1. The lowest BCUT2D eigenvalue weighted by atomic mass is 10.0. The van der Waals surface area contributed by atoms with Gasteiger partial charge >= 0.3 is 0 Å². The topological polar surface area (TPSA) is 74.7 Å². The summed E-state index contributed by atoms with van der Waals surface area (Å²) in [6.07, 6.45) is 3.50. The van der Waals surface area contributed by atoms with Crippen LogP contribution in [0.4, 0.5) is 0 Å². The molecule has 3 rings (SSSR count). The van der Waals surface area contributed by atoms with E-state index in [0.29, 0.717) is 25.8 Å². The molecule has 2 aliphatic rings. The SMILES string of the molecule is CS(=O)(=O)C1(C(=O)N2CCC[C@@H]2C[C@@H](O)c2ccccc2)CC1. The third-order valence-corrected chi connectivity index (χ3v) is 7.12. The summed E-state index contributed by atoms with van der Waals surface area (Å²) in [5, 5.41) is 10.4. The second-order valence-corrected chi connectivity index (χ2v) is 9.05. The molecule has 1 amide bonds. The Hall–Kier alpha value is -1.40. The number of amides is 1. The molecule has 1 saturated carbocycles. The lowest BCUT2D eigenvalue weighted by molar-refractivity contribution is -0.132. The number of aliphatic hydroxyl groups excluding tert-OH is 1. The number of rotatable bonds is 5. The van der Waals surface area contributed by atoms with E-state index in [-0.39, 0.29) is 11.9 Å². The molecule has 1 heterocycles. The van der Waals surface area contributed by atoms with Gasteiger partial charge in [-0.1, -0.05) is 30.3 Å². The molecule has 1 aromatic carbocycles. The van der Waals surface area contributed by atoms with E-state index >= 15 is 0 Å². The molecule has 0 spiro atoms. The smallest absolute Gasteiger partial charge is 0.244 e. The Morgan fingerprint density at radius 2 is 2.00 bits per heavy atom. The molecule has 1 aliphatic heterocycles. The summed E-state index contributed by atoms with van der Waals surface area (Å²) in [7, 11) is -3.39. The van der Waals surface area contributed by atoms with Crippen LogP contribution in [0.1, 0.15) is 43.8 Å². The fourth-order valence-corrected chi connectivity index (χ4v) is 4.81. The van der Waals surface area contributed by atoms with Gasteiger partial charge in [0, 0.05) is 18.8 Å². The van der Waals surface area contributed by atoms with Gasteiger partial charge in [0.25, 0.3) is 0 Å². The van der Waals surface area contributed by atoms with Crippen molar-refractivity contribution in [3.05, 3.63) is 35.9 Å². The van der Waals surface area contributed by atoms with E-state index in [1.165, 1.54) is 0 Å². The highest BCUT2D eigenvalue weighted by atomic mass is 32.2. The van der Waals surface area contributed by atoms with Crippen molar-refractivity contribution in [3.63, 3.8) is 0 Å². The van der Waals surface area contributed by atoms with E-state index in [1.807, 2.05) is 30.3 Å². The van der Waals surface area contributed by atoms with Crippen LogP contribution in [0.5, 0.6) is 0 Å². The van der Waals surface area contributed by atoms with Crippen molar-refractivity contribution in [2.24, 2.45) is 0 Å². The average molecular weight is 337 g/mol. The van der Waals surface area contributed by atoms with Crippen LogP contribution in [0.15, 0.2) is 30.3 Å². The highest BCUT2D eigenvalue weighted by Crippen LogP contribution is 2.46. The molecule has 1 saturated heterocycles. The van der Waals surface area contributed by atoms with Gasteiger partial charge in [-0.3, -0.25) is 4.79 Å². The highest BCUT2D eigenvalue weighted by molar-refractivity contribution is 7.93. The van der Waals surface area contributed by atoms with Crippen LogP contribution >= 0.6 is 0 Å². The molecule has 23 heavy (non-hydrogen) atoms. The highest BCUT2D eigenvalue weighted by Gasteiger charge is 2.61. The molecular weight excluding hydrogens is 314 g/mol. The van der Waals surface area contributed by atoms with Gasteiger partial charge in [0.05, 0.1) is 6.10 Å². The monoisotopic (exact) mass is 337 g/mol. The minimum absolute atomic E-state index is 0.0862. The van der Waals surface area contributed by atoms with Crippen LogP contribution < -0.4 is 0 Å². The quantitative estimate of drug-likeness (QED) is 0.887. The zero-order chi connectivity index (χ0) is 16.7. The van der Waals surface area contributed by atoms with Gasteiger partial charge in [-0.2, -0.15) is 0 Å². The van der Waals surface area contributed by atoms with Crippen molar-refractivity contribution in [1.29, 1.82) is 0 Å². The van der Waals surface area contributed by atoms with E-state index in [4.69, 9.17) is 0 Å². The van der Waals surface area contributed by atoms with Crippen molar-refractivity contribution in [1.82, 2.24) is 4.90 Å². The summed E-state index contributed by atoms with van der Waals surface area (Å²) in [4.78, 5) is 14.5. The molecule has 2 atom stereocenters. The number of carbonyl (C=O) groups is 1. The van der Waals surface area contributed by atoms with Crippen LogP contribution in [0.2, 0.25) is 0 Å². The summed E-state index contributed by atoms with van der Waals surface area (Å²) in [5.41, 5.74) is 0.830. The summed E-state index contributed by atoms with van der Waals surface area (Å²) < 4.78 is 22.7. The summed E-state index contributed by atoms with van der Waals surface area (Å²) >= 11 is 0. The van der Waals surface area contributed by atoms with Gasteiger partial charge in [-0.15, -0.1) is 0 Å². The number of nitrogens with zero attached hydrogens (tertiary/aromatic N) is 1. The number of hydrogen-bond donors (Lipinski definition) is 1. The van der Waals surface area contributed by atoms with Crippen LogP contribution in [0.3, 0.4) is 0 Å². The molecular formula is C17H23NO4S. The number of carbonyl (C=O) groups excluding carboxylic acids is 1. The Kier molecular flexibility index (Phi) is 4.23. The molecule has 1 N–H and O–H groups in total. The van der Waals surface area contributed by atoms with Gasteiger partial charge in [-0.25, -0.2) is 8.42 Å². The lowest BCUT2D eigenvalue weighted by Gasteiger charge is -2.29. The fraction of sp³-hybridized carbons (Fsp3) is 0.588. The van der Waals surface area contributed by atoms with Crippen molar-refractivity contribution in [2.45, 2.75) is 49.0 Å². The summed E-state index contributed by atoms with van der Waals surface area (Å²) in [5.74, 6) is -0.261. The second-order valence-electron chi connectivity index (χ2n) is 6.72. The second kappa shape index (κ2) is 5.91. The summed E-state index contributed by atoms with van der Waals surface area (Å²) in [6, 6.07) is 9.29. The Bertz CT molecular complexity index is 682. The number of likely N-dealkylation sites (tertiary alicyclic amines) is 1. The molecule has 1 aliphatic carbocycles. The normalized spacial score (nSPS) is 24.4.